The summed E-state index contributed by atoms with van der Waals surface area (Å²) in [5.74, 6) is -0.378. The van der Waals surface area contributed by atoms with Crippen LogP contribution in [0.5, 0.6) is 0 Å². The molecule has 0 aliphatic heterocycles. The molecule has 4 nitrogen and oxygen atoms in total. The summed E-state index contributed by atoms with van der Waals surface area (Å²) in [6.45, 7) is 5.66. The van der Waals surface area contributed by atoms with Crippen LogP contribution in [-0.2, 0) is 14.3 Å². The van der Waals surface area contributed by atoms with Crippen LogP contribution in [-0.4, -0.2) is 31.3 Å². The van der Waals surface area contributed by atoms with Gasteiger partial charge in [0.1, 0.15) is 0 Å². The maximum Gasteiger partial charge on any atom is 0.334 e. The lowest BCUT2D eigenvalue weighted by Crippen LogP contribution is -2.39. The van der Waals surface area contributed by atoms with Crippen molar-refractivity contribution >= 4 is 5.97 Å². The van der Waals surface area contributed by atoms with Gasteiger partial charge in [-0.2, -0.15) is 0 Å². The van der Waals surface area contributed by atoms with Gasteiger partial charge in [-0.1, -0.05) is 0 Å². The van der Waals surface area contributed by atoms with Gasteiger partial charge >= 0.3 is 5.97 Å². The number of rotatable bonds is 4. The molecular formula is C8H17NO3. The van der Waals surface area contributed by atoms with Crippen LogP contribution in [0.3, 0.4) is 0 Å². The lowest BCUT2D eigenvalue weighted by Gasteiger charge is -2.26. The zero-order chi connectivity index (χ0) is 9.78. The highest BCUT2D eigenvalue weighted by Gasteiger charge is 2.24. The first kappa shape index (κ1) is 11.4. The molecule has 0 aromatic heterocycles. The van der Waals surface area contributed by atoms with E-state index in [4.69, 9.17) is 10.5 Å². The molecule has 0 aromatic rings. The van der Waals surface area contributed by atoms with E-state index in [0.717, 1.165) is 0 Å². The van der Waals surface area contributed by atoms with Gasteiger partial charge < -0.3 is 15.2 Å². The van der Waals surface area contributed by atoms with Crippen LogP contribution in [0.4, 0.5) is 0 Å². The molecule has 0 saturated carbocycles. The van der Waals surface area contributed by atoms with Crippen molar-refractivity contribution < 1.29 is 14.3 Å². The highest BCUT2D eigenvalue weighted by atomic mass is 16.6. The molecule has 0 aliphatic rings. The average Bonchev–Trinajstić information content (AvgIpc) is 2.02. The molecule has 1 atom stereocenters. The van der Waals surface area contributed by atoms with Gasteiger partial charge in [0, 0.05) is 6.54 Å². The van der Waals surface area contributed by atoms with Crippen molar-refractivity contribution in [2.75, 3.05) is 13.7 Å². The molecule has 0 aliphatic carbocycles. The standard InChI is InChI=1S/C8H17NO3/c1-6(7(10)11-4)12-8(2,3)5-9/h6H,5,9H2,1-4H3. The summed E-state index contributed by atoms with van der Waals surface area (Å²) in [6, 6.07) is 0. The van der Waals surface area contributed by atoms with Crippen LogP contribution in [0.25, 0.3) is 0 Å². The number of esters is 1. The minimum absolute atomic E-state index is 0.369. The SMILES string of the molecule is COC(=O)C(C)OC(C)(C)CN. The minimum Gasteiger partial charge on any atom is -0.467 e. The van der Waals surface area contributed by atoms with Crippen LogP contribution in [0, 0.1) is 0 Å². The number of ether oxygens (including phenoxy) is 2. The molecule has 0 saturated heterocycles. The normalized spacial score (nSPS) is 14.1. The number of nitrogens with two attached hydrogens (primary N) is 1. The maximum atomic E-state index is 10.9. The molecule has 0 bridgehead atoms. The van der Waals surface area contributed by atoms with Crippen molar-refractivity contribution in [3.63, 3.8) is 0 Å². The van der Waals surface area contributed by atoms with Gasteiger partial charge in [0.25, 0.3) is 0 Å². The summed E-state index contributed by atoms with van der Waals surface area (Å²) >= 11 is 0. The Morgan fingerprint density at radius 2 is 2.08 bits per heavy atom. The van der Waals surface area contributed by atoms with Gasteiger partial charge in [0.2, 0.25) is 0 Å². The van der Waals surface area contributed by atoms with E-state index in [-0.39, 0.29) is 5.97 Å². The van der Waals surface area contributed by atoms with Crippen molar-refractivity contribution in [3.8, 4) is 0 Å². The first-order chi connectivity index (χ1) is 5.43. The van der Waals surface area contributed by atoms with E-state index >= 15 is 0 Å². The van der Waals surface area contributed by atoms with Crippen LogP contribution in [0.1, 0.15) is 20.8 Å². The van der Waals surface area contributed by atoms with Crippen molar-refractivity contribution in [2.24, 2.45) is 5.73 Å². The molecule has 2 N–H and O–H groups in total. The van der Waals surface area contributed by atoms with Gasteiger partial charge in [0.05, 0.1) is 12.7 Å². The largest absolute Gasteiger partial charge is 0.467 e. The Labute approximate surface area is 73.0 Å². The third-order valence-electron chi connectivity index (χ3n) is 1.52. The molecular weight excluding hydrogens is 158 g/mol. The highest BCUT2D eigenvalue weighted by molar-refractivity contribution is 5.74. The Morgan fingerprint density at radius 1 is 1.58 bits per heavy atom. The number of carbonyl (C=O) groups excluding carboxylic acids is 1. The molecule has 72 valence electrons. The third kappa shape index (κ3) is 3.69. The third-order valence-corrected chi connectivity index (χ3v) is 1.52. The van der Waals surface area contributed by atoms with E-state index in [2.05, 4.69) is 4.74 Å². The molecule has 0 spiro atoms. The van der Waals surface area contributed by atoms with E-state index in [1.807, 2.05) is 13.8 Å². The van der Waals surface area contributed by atoms with Crippen LogP contribution in [0.15, 0.2) is 0 Å². The van der Waals surface area contributed by atoms with Gasteiger partial charge in [-0.25, -0.2) is 4.79 Å². The Balaban J connectivity index is 3.99. The predicted octanol–water partition coefficient (Wildman–Crippen LogP) is 0.302. The average molecular weight is 175 g/mol. The molecule has 12 heavy (non-hydrogen) atoms. The van der Waals surface area contributed by atoms with Crippen molar-refractivity contribution in [1.29, 1.82) is 0 Å². The van der Waals surface area contributed by atoms with Gasteiger partial charge in [-0.05, 0) is 20.8 Å². The second-order valence-corrected chi connectivity index (χ2v) is 3.25. The zero-order valence-electron chi connectivity index (χ0n) is 8.09. The minimum atomic E-state index is -0.562. The topological polar surface area (TPSA) is 61.5 Å². The van der Waals surface area contributed by atoms with Crippen LogP contribution < -0.4 is 5.73 Å². The van der Waals surface area contributed by atoms with E-state index in [1.165, 1.54) is 7.11 Å². The lowest BCUT2D eigenvalue weighted by atomic mass is 10.1. The summed E-state index contributed by atoms with van der Waals surface area (Å²) in [7, 11) is 1.33. The summed E-state index contributed by atoms with van der Waals surface area (Å²) in [4.78, 5) is 10.9. The number of hydrogen-bond donors (Lipinski definition) is 1. The first-order valence-electron chi connectivity index (χ1n) is 3.88. The Kier molecular flexibility index (Phi) is 4.20. The Hall–Kier alpha value is -0.610. The smallest absolute Gasteiger partial charge is 0.334 e. The summed E-state index contributed by atoms with van der Waals surface area (Å²) < 4.78 is 9.84. The highest BCUT2D eigenvalue weighted by Crippen LogP contribution is 2.10. The van der Waals surface area contributed by atoms with E-state index in [9.17, 15) is 4.79 Å². The molecule has 0 amide bonds. The monoisotopic (exact) mass is 175 g/mol. The van der Waals surface area contributed by atoms with E-state index < -0.39 is 11.7 Å². The second kappa shape index (κ2) is 4.42. The van der Waals surface area contributed by atoms with Gasteiger partial charge in [0.15, 0.2) is 6.10 Å². The van der Waals surface area contributed by atoms with Crippen LogP contribution in [0.2, 0.25) is 0 Å². The molecule has 4 heteroatoms. The first-order valence-corrected chi connectivity index (χ1v) is 3.88. The number of methoxy groups -OCH3 is 1. The van der Waals surface area contributed by atoms with E-state index in [1.54, 1.807) is 6.92 Å². The quantitative estimate of drug-likeness (QED) is 0.624. The molecule has 1 unspecified atom stereocenters. The zero-order valence-corrected chi connectivity index (χ0v) is 8.09. The predicted molar refractivity (Wildman–Crippen MR) is 45.7 cm³/mol. The van der Waals surface area contributed by atoms with Crippen molar-refractivity contribution in [1.82, 2.24) is 0 Å². The summed E-state index contributed by atoms with van der Waals surface area (Å²) in [5, 5.41) is 0. The molecule has 0 aromatic carbocycles. The maximum absolute atomic E-state index is 10.9. The Bertz CT molecular complexity index is 156. The van der Waals surface area contributed by atoms with Crippen LogP contribution >= 0.6 is 0 Å². The van der Waals surface area contributed by atoms with Gasteiger partial charge in [-0.15, -0.1) is 0 Å². The number of carbonyl (C=O) groups is 1. The Morgan fingerprint density at radius 3 is 2.42 bits per heavy atom. The summed E-state index contributed by atoms with van der Waals surface area (Å²) in [6.07, 6.45) is -0.562. The fraction of sp³-hybridized carbons (Fsp3) is 0.875. The summed E-state index contributed by atoms with van der Waals surface area (Å²) in [5.41, 5.74) is 4.94. The fourth-order valence-corrected chi connectivity index (χ4v) is 0.741. The number of hydrogen-bond acceptors (Lipinski definition) is 4. The lowest BCUT2D eigenvalue weighted by molar-refractivity contribution is -0.161. The van der Waals surface area contributed by atoms with Crippen molar-refractivity contribution in [3.05, 3.63) is 0 Å². The molecule has 0 radical (unpaired) electrons. The fourth-order valence-electron chi connectivity index (χ4n) is 0.741. The molecule has 0 rings (SSSR count). The van der Waals surface area contributed by atoms with E-state index in [0.29, 0.717) is 6.54 Å². The molecule has 0 fully saturated rings. The van der Waals surface area contributed by atoms with Crippen molar-refractivity contribution in [2.45, 2.75) is 32.5 Å². The molecule has 0 heterocycles. The second-order valence-electron chi connectivity index (χ2n) is 3.25. The van der Waals surface area contributed by atoms with Gasteiger partial charge in [-0.3, -0.25) is 0 Å².